The van der Waals surface area contributed by atoms with Crippen molar-refractivity contribution in [2.75, 3.05) is 0 Å². The highest BCUT2D eigenvalue weighted by Crippen LogP contribution is 2.36. The second kappa shape index (κ2) is 7.77. The number of benzene rings is 1. The van der Waals surface area contributed by atoms with Crippen LogP contribution in [0.25, 0.3) is 0 Å². The van der Waals surface area contributed by atoms with Gasteiger partial charge in [0.2, 0.25) is 5.91 Å². The number of carbonyl (C=O) groups excluding carboxylic acids is 2. The topological polar surface area (TPSA) is 72.2 Å². The summed E-state index contributed by atoms with van der Waals surface area (Å²) in [5, 5.41) is 2.21. The molecule has 1 atom stereocenters. The van der Waals surface area contributed by atoms with E-state index in [9.17, 15) is 35.9 Å². The Morgan fingerprint density at radius 3 is 1.81 bits per heavy atom. The van der Waals surface area contributed by atoms with E-state index >= 15 is 0 Å². The third kappa shape index (κ3) is 5.36. The van der Waals surface area contributed by atoms with Crippen LogP contribution in [0, 0.1) is 5.92 Å². The fraction of sp³-hybridized carbons (Fsp3) is 0.529. The Morgan fingerprint density at radius 1 is 0.926 bits per heavy atom. The zero-order chi connectivity index (χ0) is 20.4. The van der Waals surface area contributed by atoms with Crippen LogP contribution in [0.5, 0.6) is 0 Å². The van der Waals surface area contributed by atoms with Crippen molar-refractivity contribution < 1.29 is 35.9 Å². The van der Waals surface area contributed by atoms with E-state index in [0.29, 0.717) is 25.0 Å². The molecule has 1 aliphatic carbocycles. The van der Waals surface area contributed by atoms with Gasteiger partial charge in [0, 0.05) is 5.56 Å². The summed E-state index contributed by atoms with van der Waals surface area (Å²) >= 11 is 0. The molecule has 0 radical (unpaired) electrons. The van der Waals surface area contributed by atoms with Gasteiger partial charge in [-0.2, -0.15) is 26.3 Å². The van der Waals surface area contributed by atoms with Gasteiger partial charge >= 0.3 is 12.4 Å². The lowest BCUT2D eigenvalue weighted by Gasteiger charge is -2.28. The van der Waals surface area contributed by atoms with E-state index in [-0.39, 0.29) is 12.0 Å². The molecule has 1 saturated carbocycles. The Bertz CT molecular complexity index is 676. The van der Waals surface area contributed by atoms with Crippen molar-refractivity contribution in [3.05, 3.63) is 34.9 Å². The number of halogens is 6. The van der Waals surface area contributed by atoms with Gasteiger partial charge in [-0.25, -0.2) is 0 Å². The molecule has 1 aromatic rings. The summed E-state index contributed by atoms with van der Waals surface area (Å²) in [7, 11) is 0. The number of alkyl halides is 6. The van der Waals surface area contributed by atoms with Gasteiger partial charge in [0.15, 0.2) is 0 Å². The minimum Gasteiger partial charge on any atom is -0.368 e. The highest BCUT2D eigenvalue weighted by Gasteiger charge is 2.38. The average molecular weight is 396 g/mol. The van der Waals surface area contributed by atoms with Gasteiger partial charge in [-0.3, -0.25) is 9.59 Å². The largest absolute Gasteiger partial charge is 0.416 e. The molecule has 0 saturated heterocycles. The van der Waals surface area contributed by atoms with Crippen molar-refractivity contribution in [2.24, 2.45) is 11.7 Å². The summed E-state index contributed by atoms with van der Waals surface area (Å²) in [6.07, 6.45) is -6.42. The van der Waals surface area contributed by atoms with Gasteiger partial charge in [-0.1, -0.05) is 19.3 Å². The molecule has 10 heteroatoms. The zero-order valence-corrected chi connectivity index (χ0v) is 14.1. The molecule has 0 aromatic heterocycles. The summed E-state index contributed by atoms with van der Waals surface area (Å²) in [6, 6.07) is -0.571. The quantitative estimate of drug-likeness (QED) is 0.758. The molecule has 0 aliphatic heterocycles. The predicted molar refractivity (Wildman–Crippen MR) is 83.5 cm³/mol. The highest BCUT2D eigenvalue weighted by molar-refractivity contribution is 5.97. The fourth-order valence-electron chi connectivity index (χ4n) is 3.20. The molecular weight excluding hydrogens is 378 g/mol. The van der Waals surface area contributed by atoms with Crippen LogP contribution in [-0.2, 0) is 17.1 Å². The van der Waals surface area contributed by atoms with E-state index < -0.39 is 46.9 Å². The smallest absolute Gasteiger partial charge is 0.368 e. The molecular formula is C17H18F6N2O2. The number of primary amides is 1. The third-order valence-corrected chi connectivity index (χ3v) is 4.56. The van der Waals surface area contributed by atoms with Crippen LogP contribution in [0.2, 0.25) is 0 Å². The first-order chi connectivity index (χ1) is 12.4. The number of nitrogens with one attached hydrogen (secondary N) is 1. The molecule has 3 N–H and O–H groups in total. The van der Waals surface area contributed by atoms with E-state index in [4.69, 9.17) is 5.73 Å². The van der Waals surface area contributed by atoms with Gasteiger partial charge in [0.1, 0.15) is 6.04 Å². The molecule has 2 rings (SSSR count). The predicted octanol–water partition coefficient (Wildman–Crippen LogP) is 3.89. The van der Waals surface area contributed by atoms with Crippen LogP contribution < -0.4 is 11.1 Å². The molecule has 1 fully saturated rings. The van der Waals surface area contributed by atoms with Crippen LogP contribution in [-0.4, -0.2) is 17.9 Å². The maximum atomic E-state index is 12.9. The van der Waals surface area contributed by atoms with Gasteiger partial charge < -0.3 is 11.1 Å². The first-order valence-electron chi connectivity index (χ1n) is 8.29. The fourth-order valence-corrected chi connectivity index (χ4v) is 3.20. The van der Waals surface area contributed by atoms with Crippen LogP contribution in [0.3, 0.4) is 0 Å². The molecule has 0 bridgehead atoms. The Balaban J connectivity index is 2.34. The molecule has 0 spiro atoms. The molecule has 0 heterocycles. The number of amides is 2. The Hall–Kier alpha value is -2.26. The Labute approximate surface area is 151 Å². The minimum absolute atomic E-state index is 0.0660. The van der Waals surface area contributed by atoms with Crippen LogP contribution in [0.1, 0.15) is 53.6 Å². The second-order valence-electron chi connectivity index (χ2n) is 6.55. The van der Waals surface area contributed by atoms with E-state index in [1.807, 2.05) is 0 Å². The molecule has 2 amide bonds. The van der Waals surface area contributed by atoms with Crippen LogP contribution in [0.4, 0.5) is 26.3 Å². The van der Waals surface area contributed by atoms with Gasteiger partial charge in [0.25, 0.3) is 5.91 Å². The molecule has 1 aliphatic rings. The molecule has 1 aromatic carbocycles. The van der Waals surface area contributed by atoms with E-state index in [1.54, 1.807) is 0 Å². The highest BCUT2D eigenvalue weighted by atomic mass is 19.4. The summed E-state index contributed by atoms with van der Waals surface area (Å²) < 4.78 is 77.4. The van der Waals surface area contributed by atoms with Gasteiger partial charge in [-0.05, 0) is 37.0 Å². The lowest BCUT2D eigenvalue weighted by atomic mass is 9.83. The van der Waals surface area contributed by atoms with Crippen molar-refractivity contribution in [3.8, 4) is 0 Å². The number of nitrogens with two attached hydrogens (primary N) is 1. The zero-order valence-electron chi connectivity index (χ0n) is 14.1. The molecule has 150 valence electrons. The van der Waals surface area contributed by atoms with Crippen molar-refractivity contribution in [1.82, 2.24) is 5.32 Å². The van der Waals surface area contributed by atoms with E-state index in [0.717, 1.165) is 19.3 Å². The summed E-state index contributed by atoms with van der Waals surface area (Å²) in [4.78, 5) is 24.0. The van der Waals surface area contributed by atoms with E-state index in [1.165, 1.54) is 0 Å². The maximum absolute atomic E-state index is 12.9. The molecule has 4 nitrogen and oxygen atoms in total. The monoisotopic (exact) mass is 396 g/mol. The summed E-state index contributed by atoms with van der Waals surface area (Å²) in [5.41, 5.74) is 1.24. The normalized spacial score (nSPS) is 17.4. The maximum Gasteiger partial charge on any atom is 0.416 e. The van der Waals surface area contributed by atoms with Crippen molar-refractivity contribution >= 4 is 11.8 Å². The first kappa shape index (κ1) is 21.0. The lowest BCUT2D eigenvalue weighted by Crippen LogP contribution is -2.49. The first-order valence-corrected chi connectivity index (χ1v) is 8.29. The Kier molecular flexibility index (Phi) is 6.06. The average Bonchev–Trinajstić information content (AvgIpc) is 2.58. The van der Waals surface area contributed by atoms with Crippen LogP contribution in [0.15, 0.2) is 18.2 Å². The number of hydrogen-bond donors (Lipinski definition) is 2. The SMILES string of the molecule is NC(=O)[C@H](NC(=O)c1cc(C(F)(F)F)cc(C(F)(F)F)c1)C1CCCCC1. The van der Waals surface area contributed by atoms with Gasteiger partial charge in [0.05, 0.1) is 11.1 Å². The van der Waals surface area contributed by atoms with Crippen molar-refractivity contribution in [2.45, 2.75) is 50.5 Å². The van der Waals surface area contributed by atoms with Crippen LogP contribution >= 0.6 is 0 Å². The number of hydrogen-bond acceptors (Lipinski definition) is 2. The lowest BCUT2D eigenvalue weighted by molar-refractivity contribution is -0.143. The summed E-state index contributed by atoms with van der Waals surface area (Å²) in [5.74, 6) is -2.38. The minimum atomic E-state index is -5.07. The summed E-state index contributed by atoms with van der Waals surface area (Å²) in [6.45, 7) is 0. The Morgan fingerprint density at radius 2 is 1.41 bits per heavy atom. The molecule has 27 heavy (non-hydrogen) atoms. The van der Waals surface area contributed by atoms with E-state index in [2.05, 4.69) is 5.32 Å². The third-order valence-electron chi connectivity index (χ3n) is 4.56. The van der Waals surface area contributed by atoms with Crippen molar-refractivity contribution in [3.63, 3.8) is 0 Å². The van der Waals surface area contributed by atoms with Gasteiger partial charge in [-0.15, -0.1) is 0 Å². The second-order valence-corrected chi connectivity index (χ2v) is 6.55. The standard InChI is InChI=1S/C17H18F6N2O2/c18-16(19,20)11-6-10(7-12(8-11)17(21,22)23)15(27)25-13(14(24)26)9-4-2-1-3-5-9/h6-9,13H,1-5H2,(H2,24,26)(H,25,27)/t13-/m1/s1. The number of carbonyl (C=O) groups is 2. The number of rotatable bonds is 4. The van der Waals surface area contributed by atoms with Crippen molar-refractivity contribution in [1.29, 1.82) is 0 Å². The molecule has 0 unspecified atom stereocenters.